The van der Waals surface area contributed by atoms with Gasteiger partial charge in [0.15, 0.2) is 19.7 Å². The third-order valence-electron chi connectivity index (χ3n) is 12.2. The number of sulfone groups is 2. The average Bonchev–Trinajstić information content (AvgIpc) is 3.13. The van der Waals surface area contributed by atoms with E-state index in [0.717, 1.165) is 102 Å². The van der Waals surface area contributed by atoms with Crippen LogP contribution in [0.2, 0.25) is 0 Å². The molecule has 4 rings (SSSR count). The minimum Gasteiger partial charge on any atom is -0.481 e. The van der Waals surface area contributed by atoms with Gasteiger partial charge in [0.2, 0.25) is 0 Å². The number of aliphatic hydroxyl groups excluding tert-OH is 1. The maximum Gasteiger partial charge on any atom is 0.309 e. The molecular weight excluding hydrogens is 854 g/mol. The molecule has 2 N–H and O–H groups in total. The van der Waals surface area contributed by atoms with Gasteiger partial charge in [0, 0.05) is 16.8 Å². The van der Waals surface area contributed by atoms with E-state index in [-0.39, 0.29) is 146 Å². The van der Waals surface area contributed by atoms with Gasteiger partial charge in [-0.15, -0.1) is 0 Å². The summed E-state index contributed by atoms with van der Waals surface area (Å²) in [5.74, 6) is 1.61. The van der Waals surface area contributed by atoms with Gasteiger partial charge in [-0.1, -0.05) is 155 Å². The zero-order valence-corrected chi connectivity index (χ0v) is 35.4. The Balaban J connectivity index is -0.0000000545. The second-order valence-corrected chi connectivity index (χ2v) is 20.8. The first kappa shape index (κ1) is 97.6. The van der Waals surface area contributed by atoms with Gasteiger partial charge in [-0.3, -0.25) is 9.59 Å². The van der Waals surface area contributed by atoms with Crippen LogP contribution in [0, 0.1) is 23.7 Å². The number of carboxylic acid groups (broad SMARTS) is 1. The van der Waals surface area contributed by atoms with Crippen LogP contribution in [0.15, 0.2) is 0 Å². The van der Waals surface area contributed by atoms with E-state index in [0.29, 0.717) is 62.9 Å². The highest BCUT2D eigenvalue weighted by molar-refractivity contribution is 7.92. The number of carboxylic acids is 1. The third-order valence-corrected chi connectivity index (χ3v) is 16.8. The molecule has 0 saturated heterocycles. The summed E-state index contributed by atoms with van der Waals surface area (Å²) in [6.07, 6.45) is 21.2. The van der Waals surface area contributed by atoms with E-state index in [4.69, 9.17) is 9.84 Å². The quantitative estimate of drug-likeness (QED) is 0.0928. The fourth-order valence-electron chi connectivity index (χ4n) is 8.24. The largest absolute Gasteiger partial charge is 0.481 e. The summed E-state index contributed by atoms with van der Waals surface area (Å²) in [7, 11) is -5.87. The molecule has 65 heavy (non-hydrogen) atoms. The molecule has 0 spiro atoms. The van der Waals surface area contributed by atoms with Crippen molar-refractivity contribution < 1.29 is 41.4 Å². The molecule has 0 unspecified atom stereocenters. The van der Waals surface area contributed by atoms with Crippen LogP contribution in [0.25, 0.3) is 0 Å². The van der Waals surface area contributed by atoms with E-state index in [1.165, 1.54) is 12.8 Å². The summed E-state index contributed by atoms with van der Waals surface area (Å²) in [5.41, 5.74) is 0. The van der Waals surface area contributed by atoms with E-state index in [1.807, 2.05) is 0 Å². The molecule has 0 aliphatic heterocycles. The van der Waals surface area contributed by atoms with Crippen LogP contribution in [0.3, 0.4) is 0 Å². The molecule has 0 amide bonds. The number of ether oxygens (including phenoxy) is 1. The molecule has 0 bridgehead atoms. The highest BCUT2D eigenvalue weighted by Gasteiger charge is 2.34. The van der Waals surface area contributed by atoms with Crippen molar-refractivity contribution in [2.75, 3.05) is 11.5 Å². The molecule has 0 aromatic heterocycles. The molecule has 402 valence electrons. The molecule has 4 aliphatic rings. The van der Waals surface area contributed by atoms with Gasteiger partial charge in [-0.25, -0.2) is 16.8 Å². The molecular formula is C52H122B2O9S2. The summed E-state index contributed by atoms with van der Waals surface area (Å²) in [4.78, 5) is 22.9. The van der Waals surface area contributed by atoms with Crippen LogP contribution >= 0.6 is 0 Å². The summed E-state index contributed by atoms with van der Waals surface area (Å²) < 4.78 is 54.3. The Morgan fingerprint density at radius 2 is 0.769 bits per heavy atom. The fraction of sp³-hybridized carbons (Fsp3) is 0.962. The topological polar surface area (TPSA) is 152 Å². The number of esters is 1. The van der Waals surface area contributed by atoms with Crippen molar-refractivity contribution in [1.82, 2.24) is 0 Å². The predicted molar refractivity (Wildman–Crippen MR) is 298 cm³/mol. The van der Waals surface area contributed by atoms with E-state index in [9.17, 15) is 31.5 Å². The zero-order chi connectivity index (χ0) is 37.9. The van der Waals surface area contributed by atoms with Gasteiger partial charge in [0.05, 0.1) is 39.9 Å². The first-order chi connectivity index (χ1) is 24.3. The Bertz CT molecular complexity index is 1190. The Labute approximate surface area is 416 Å². The van der Waals surface area contributed by atoms with Crippen molar-refractivity contribution in [2.24, 2.45) is 23.7 Å². The van der Waals surface area contributed by atoms with Gasteiger partial charge in [0.25, 0.3) is 0 Å². The van der Waals surface area contributed by atoms with Crippen LogP contribution in [-0.2, 0) is 34.0 Å². The third kappa shape index (κ3) is 37.5. The summed E-state index contributed by atoms with van der Waals surface area (Å²) >= 11 is 0. The average molecular weight is 977 g/mol. The molecule has 9 nitrogen and oxygen atoms in total. The molecule has 6 radical (unpaired) electrons. The van der Waals surface area contributed by atoms with Crippen molar-refractivity contribution >= 4 is 48.4 Å². The highest BCUT2D eigenvalue weighted by atomic mass is 32.2. The van der Waals surface area contributed by atoms with Crippen molar-refractivity contribution in [3.05, 3.63) is 0 Å². The lowest BCUT2D eigenvalue weighted by Crippen LogP contribution is -2.34. The predicted octanol–water partition coefficient (Wildman–Crippen LogP) is 15.7. The molecule has 0 aromatic rings. The van der Waals surface area contributed by atoms with Crippen molar-refractivity contribution in [3.63, 3.8) is 0 Å². The lowest BCUT2D eigenvalue weighted by Gasteiger charge is -2.31. The molecule has 0 atom stereocenters. The lowest BCUT2D eigenvalue weighted by molar-refractivity contribution is -0.157. The number of carbonyl (C=O) groups is 2. The van der Waals surface area contributed by atoms with Gasteiger partial charge in [-0.2, -0.15) is 0 Å². The number of aliphatic carboxylic acids is 1. The standard InChI is InChI=1S/C20H36O4S.C11H22O3S.C9H16O2.12CH4.2B/c1-3-5-6-15-25(22,23)19-13-11-18(12-14-19)24-20(21)17-9-7-16(4-2)8-10-17;1-2-3-4-9-15(13,14)11-7-5-10(12)6-8-11;1-2-7-3-5-8(6-4-7)9(10)11;;;;;;;;;;;;;;/h16-19H,3-15H2,1-2H3;10-12H,2-9H2,1H3;7-8H,2-6H2,1H3,(H,10,11);12*1H4;;. The van der Waals surface area contributed by atoms with Gasteiger partial charge >= 0.3 is 11.9 Å². The Kier molecular flexibility index (Phi) is 78.5. The van der Waals surface area contributed by atoms with Crippen LogP contribution < -0.4 is 0 Å². The number of rotatable bonds is 15. The van der Waals surface area contributed by atoms with E-state index < -0.39 is 25.6 Å². The van der Waals surface area contributed by atoms with E-state index in [2.05, 4.69) is 27.7 Å². The minimum atomic E-state index is -2.98. The maximum absolute atomic E-state index is 12.4. The number of carbonyl (C=O) groups excluding carboxylic acids is 1. The number of hydrogen-bond donors (Lipinski definition) is 2. The molecule has 0 heterocycles. The fourth-order valence-corrected chi connectivity index (χ4v) is 12.1. The molecule has 4 aliphatic carbocycles. The maximum atomic E-state index is 12.4. The van der Waals surface area contributed by atoms with Crippen molar-refractivity contribution in [2.45, 2.75) is 294 Å². The molecule has 0 aromatic carbocycles. The Morgan fingerprint density at radius 1 is 0.462 bits per heavy atom. The number of aliphatic hydroxyl groups is 1. The van der Waals surface area contributed by atoms with Crippen LogP contribution in [-0.4, -0.2) is 90.0 Å². The smallest absolute Gasteiger partial charge is 0.309 e. The Morgan fingerprint density at radius 3 is 1.06 bits per heavy atom. The van der Waals surface area contributed by atoms with Crippen molar-refractivity contribution in [3.8, 4) is 0 Å². The van der Waals surface area contributed by atoms with Crippen LogP contribution in [0.5, 0.6) is 0 Å². The summed E-state index contributed by atoms with van der Waals surface area (Å²) in [6.45, 7) is 8.56. The highest BCUT2D eigenvalue weighted by Crippen LogP contribution is 2.34. The summed E-state index contributed by atoms with van der Waals surface area (Å²) in [6, 6.07) is 0. The molecule has 4 fully saturated rings. The first-order valence-corrected chi connectivity index (χ1v) is 24.2. The minimum absolute atomic E-state index is 0. The first-order valence-electron chi connectivity index (χ1n) is 20.8. The normalized spacial score (nSPS) is 23.6. The van der Waals surface area contributed by atoms with Gasteiger partial charge in [-0.05, 0) is 127 Å². The number of unbranched alkanes of at least 4 members (excludes halogenated alkanes) is 4. The molecule has 13 heteroatoms. The Hall–Kier alpha value is -1.07. The second kappa shape index (κ2) is 52.3. The monoisotopic (exact) mass is 977 g/mol. The van der Waals surface area contributed by atoms with Crippen LogP contribution in [0.4, 0.5) is 0 Å². The SMILES string of the molecule is C.C.C.C.C.C.C.C.C.C.C.C.CCC1CCC(C(=O)O)CC1.CCCCCS(=O)(=O)C1CCC(O)CC1.CCCCCS(=O)(=O)C1CCC(OC(=O)C2CCC(CC)CC2)CC1.[B].[B]. The van der Waals surface area contributed by atoms with E-state index >= 15 is 0 Å². The van der Waals surface area contributed by atoms with Gasteiger partial charge in [0.1, 0.15) is 6.10 Å². The second-order valence-electron chi connectivity index (χ2n) is 16.0. The summed E-state index contributed by atoms with van der Waals surface area (Å²) in [5, 5.41) is 17.6. The lowest BCUT2D eigenvalue weighted by atomic mass is 9.81. The van der Waals surface area contributed by atoms with Crippen LogP contribution in [0.1, 0.15) is 271 Å². The zero-order valence-electron chi connectivity index (χ0n) is 33.7. The number of hydrogen-bond acceptors (Lipinski definition) is 8. The van der Waals surface area contributed by atoms with Gasteiger partial charge < -0.3 is 14.9 Å². The van der Waals surface area contributed by atoms with E-state index in [1.54, 1.807) is 0 Å². The van der Waals surface area contributed by atoms with Crippen molar-refractivity contribution in [1.29, 1.82) is 0 Å². The molecule has 4 saturated carbocycles.